The monoisotopic (exact) mass is 191 g/mol. The number of nitrogens with one attached hydrogen (secondary N) is 2. The quantitative estimate of drug-likeness (QED) is 0.690. The minimum Gasteiger partial charge on any atom is -0.271 e. The van der Waals surface area contributed by atoms with Gasteiger partial charge in [-0.3, -0.25) is 10.2 Å². The third kappa shape index (κ3) is 1.44. The highest BCUT2D eigenvalue weighted by Crippen LogP contribution is 2.16. The molecule has 1 aromatic carbocycles. The second-order valence-electron chi connectivity index (χ2n) is 3.85. The van der Waals surface area contributed by atoms with E-state index in [9.17, 15) is 4.79 Å². The molecular formula is C10H13N3O. The van der Waals surface area contributed by atoms with Crippen molar-refractivity contribution >= 4 is 11.6 Å². The molecule has 1 fully saturated rings. The van der Waals surface area contributed by atoms with Crippen molar-refractivity contribution in [2.45, 2.75) is 19.4 Å². The maximum Gasteiger partial charge on any atom is 0.261 e. The predicted molar refractivity (Wildman–Crippen MR) is 54.3 cm³/mol. The normalized spacial score (nSPS) is 19.6. The van der Waals surface area contributed by atoms with Crippen molar-refractivity contribution in [3.05, 3.63) is 30.3 Å². The number of hydrogen-bond acceptors (Lipinski definition) is 3. The fraction of sp³-hybridized carbons (Fsp3) is 0.300. The van der Waals surface area contributed by atoms with E-state index in [0.717, 1.165) is 5.69 Å². The maximum atomic E-state index is 11.5. The van der Waals surface area contributed by atoms with E-state index in [4.69, 9.17) is 0 Å². The number of rotatable bonds is 1. The van der Waals surface area contributed by atoms with Crippen molar-refractivity contribution in [1.82, 2.24) is 10.9 Å². The van der Waals surface area contributed by atoms with Gasteiger partial charge in [-0.25, -0.2) is 5.12 Å². The van der Waals surface area contributed by atoms with E-state index in [0.29, 0.717) is 0 Å². The van der Waals surface area contributed by atoms with E-state index in [-0.39, 0.29) is 5.91 Å². The first-order valence-electron chi connectivity index (χ1n) is 4.54. The van der Waals surface area contributed by atoms with Gasteiger partial charge < -0.3 is 0 Å². The molecular weight excluding hydrogens is 178 g/mol. The lowest BCUT2D eigenvalue weighted by atomic mass is 10.1. The Hall–Kier alpha value is -1.55. The minimum absolute atomic E-state index is 0.0265. The maximum absolute atomic E-state index is 11.5. The first-order chi connectivity index (χ1) is 6.59. The Bertz CT molecular complexity index is 348. The van der Waals surface area contributed by atoms with Crippen molar-refractivity contribution in [3.8, 4) is 0 Å². The number of para-hydroxylation sites is 1. The van der Waals surface area contributed by atoms with Crippen molar-refractivity contribution in [2.75, 3.05) is 5.12 Å². The van der Waals surface area contributed by atoms with Crippen LogP contribution < -0.4 is 16.0 Å². The van der Waals surface area contributed by atoms with Crippen LogP contribution in [0.1, 0.15) is 13.8 Å². The highest BCUT2D eigenvalue weighted by molar-refractivity contribution is 5.89. The molecule has 0 radical (unpaired) electrons. The lowest BCUT2D eigenvalue weighted by molar-refractivity contribution is -0.123. The summed E-state index contributed by atoms with van der Waals surface area (Å²) in [7, 11) is 0. The molecule has 74 valence electrons. The Morgan fingerprint density at radius 1 is 1.21 bits per heavy atom. The van der Waals surface area contributed by atoms with Gasteiger partial charge in [-0.1, -0.05) is 18.2 Å². The summed E-state index contributed by atoms with van der Waals surface area (Å²) < 4.78 is 0. The minimum atomic E-state index is -0.546. The van der Waals surface area contributed by atoms with Gasteiger partial charge in [-0.2, -0.15) is 5.43 Å². The largest absolute Gasteiger partial charge is 0.271 e. The zero-order valence-electron chi connectivity index (χ0n) is 8.24. The summed E-state index contributed by atoms with van der Waals surface area (Å²) in [5.41, 5.74) is 6.19. The van der Waals surface area contributed by atoms with Gasteiger partial charge >= 0.3 is 0 Å². The highest BCUT2D eigenvalue weighted by Gasteiger charge is 2.37. The molecule has 2 N–H and O–H groups in total. The average Bonchev–Trinajstić information content (AvgIpc) is 2.43. The summed E-state index contributed by atoms with van der Waals surface area (Å²) in [6, 6.07) is 9.64. The lowest BCUT2D eigenvalue weighted by Crippen LogP contribution is -2.44. The summed E-state index contributed by atoms with van der Waals surface area (Å²) in [5, 5.41) is 1.64. The van der Waals surface area contributed by atoms with Gasteiger partial charge in [0.1, 0.15) is 5.54 Å². The van der Waals surface area contributed by atoms with Crippen LogP contribution in [0.4, 0.5) is 5.69 Å². The number of benzene rings is 1. The van der Waals surface area contributed by atoms with E-state index in [1.54, 1.807) is 5.12 Å². The second kappa shape index (κ2) is 2.99. The van der Waals surface area contributed by atoms with Crippen molar-refractivity contribution in [1.29, 1.82) is 0 Å². The van der Waals surface area contributed by atoms with Crippen LogP contribution >= 0.6 is 0 Å². The van der Waals surface area contributed by atoms with E-state index >= 15 is 0 Å². The van der Waals surface area contributed by atoms with Crippen LogP contribution in [0.15, 0.2) is 30.3 Å². The van der Waals surface area contributed by atoms with Crippen LogP contribution in [0.25, 0.3) is 0 Å². The van der Waals surface area contributed by atoms with Gasteiger partial charge in [0, 0.05) is 0 Å². The van der Waals surface area contributed by atoms with Gasteiger partial charge in [0.2, 0.25) is 0 Å². The van der Waals surface area contributed by atoms with Crippen molar-refractivity contribution in [3.63, 3.8) is 0 Å². The van der Waals surface area contributed by atoms with Crippen LogP contribution in [-0.2, 0) is 4.79 Å². The molecule has 14 heavy (non-hydrogen) atoms. The predicted octanol–water partition coefficient (Wildman–Crippen LogP) is 0.821. The molecule has 0 atom stereocenters. The van der Waals surface area contributed by atoms with E-state index in [1.165, 1.54) is 0 Å². The molecule has 0 aliphatic carbocycles. The van der Waals surface area contributed by atoms with E-state index in [1.807, 2.05) is 44.2 Å². The summed E-state index contributed by atoms with van der Waals surface area (Å²) >= 11 is 0. The van der Waals surface area contributed by atoms with Gasteiger partial charge in [-0.15, -0.1) is 0 Å². The molecule has 1 saturated heterocycles. The molecule has 1 aliphatic rings. The van der Waals surface area contributed by atoms with Gasteiger partial charge in [0.05, 0.1) is 5.69 Å². The first-order valence-corrected chi connectivity index (χ1v) is 4.54. The molecule has 0 bridgehead atoms. The lowest BCUT2D eigenvalue weighted by Gasteiger charge is -2.19. The summed E-state index contributed by atoms with van der Waals surface area (Å²) in [4.78, 5) is 11.5. The van der Waals surface area contributed by atoms with Gasteiger partial charge in [0.15, 0.2) is 0 Å². The fourth-order valence-corrected chi connectivity index (χ4v) is 1.31. The molecule has 0 aromatic heterocycles. The number of carbonyl (C=O) groups is 1. The standard InChI is InChI=1S/C10H13N3O/c1-10(2)9(14)11-13(12-10)8-6-4-3-5-7-8/h3-7,12H,1-2H3,(H,11,14). The van der Waals surface area contributed by atoms with Crippen LogP contribution in [0.5, 0.6) is 0 Å². The van der Waals surface area contributed by atoms with E-state index in [2.05, 4.69) is 10.9 Å². The Balaban J connectivity index is 2.21. The molecule has 1 amide bonds. The average molecular weight is 191 g/mol. The molecule has 0 saturated carbocycles. The zero-order chi connectivity index (χ0) is 10.2. The molecule has 0 unspecified atom stereocenters. The first kappa shape index (κ1) is 9.02. The molecule has 1 heterocycles. The summed E-state index contributed by atoms with van der Waals surface area (Å²) in [6.07, 6.45) is 0. The number of nitrogens with zero attached hydrogens (tertiary/aromatic N) is 1. The number of anilines is 1. The topological polar surface area (TPSA) is 44.4 Å². The second-order valence-corrected chi connectivity index (χ2v) is 3.85. The van der Waals surface area contributed by atoms with Gasteiger partial charge in [-0.05, 0) is 26.0 Å². The molecule has 1 aromatic rings. The third-order valence-corrected chi connectivity index (χ3v) is 2.19. The summed E-state index contributed by atoms with van der Waals surface area (Å²) in [5.74, 6) is -0.0265. The molecule has 4 nitrogen and oxygen atoms in total. The number of carbonyl (C=O) groups excluding carboxylic acids is 1. The smallest absolute Gasteiger partial charge is 0.261 e. The number of hydrazine groups is 2. The molecule has 0 spiro atoms. The highest BCUT2D eigenvalue weighted by atomic mass is 16.2. The van der Waals surface area contributed by atoms with Gasteiger partial charge in [0.25, 0.3) is 5.91 Å². The Morgan fingerprint density at radius 2 is 1.86 bits per heavy atom. The Morgan fingerprint density at radius 3 is 2.36 bits per heavy atom. The number of amides is 1. The Kier molecular flexibility index (Phi) is 1.93. The molecule has 4 heteroatoms. The van der Waals surface area contributed by atoms with Crippen LogP contribution in [-0.4, -0.2) is 11.4 Å². The molecule has 2 rings (SSSR count). The number of hydrogen-bond donors (Lipinski definition) is 2. The van der Waals surface area contributed by atoms with Crippen LogP contribution in [0.2, 0.25) is 0 Å². The Labute approximate surface area is 82.8 Å². The van der Waals surface area contributed by atoms with Crippen molar-refractivity contribution in [2.24, 2.45) is 0 Å². The third-order valence-electron chi connectivity index (χ3n) is 2.19. The SMILES string of the molecule is CC1(C)NN(c2ccccc2)NC1=O. The fourth-order valence-electron chi connectivity index (χ4n) is 1.31. The van der Waals surface area contributed by atoms with E-state index < -0.39 is 5.54 Å². The molecule has 1 aliphatic heterocycles. The van der Waals surface area contributed by atoms with Crippen LogP contribution in [0, 0.1) is 0 Å². The zero-order valence-corrected chi connectivity index (χ0v) is 8.24. The van der Waals surface area contributed by atoms with Crippen LogP contribution in [0.3, 0.4) is 0 Å². The summed E-state index contributed by atoms with van der Waals surface area (Å²) in [6.45, 7) is 3.68. The van der Waals surface area contributed by atoms with Crippen molar-refractivity contribution < 1.29 is 4.79 Å².